The SMILES string of the molecule is CCC(=O)NS(=O)(=O)c1ccc(-c2cnn3c(OC4CCN(C(=O)O)CC4)ccnc23)c(F)c1. The van der Waals surface area contributed by atoms with Crippen LogP contribution < -0.4 is 9.46 Å². The molecule has 0 saturated carbocycles. The summed E-state index contributed by atoms with van der Waals surface area (Å²) in [5.41, 5.74) is 0.703. The quantitative estimate of drug-likeness (QED) is 0.535. The van der Waals surface area contributed by atoms with Crippen molar-refractivity contribution in [3.63, 3.8) is 0 Å². The molecule has 1 fully saturated rings. The molecule has 3 aromatic rings. The second-order valence-corrected chi connectivity index (χ2v) is 9.37. The van der Waals surface area contributed by atoms with Gasteiger partial charge in [0.05, 0.1) is 11.1 Å². The molecule has 0 radical (unpaired) electrons. The topological polar surface area (TPSA) is 143 Å². The minimum atomic E-state index is -4.19. The van der Waals surface area contributed by atoms with E-state index in [1.54, 1.807) is 6.07 Å². The first-order valence-corrected chi connectivity index (χ1v) is 12.0. The number of ether oxygens (including phenoxy) is 1. The number of piperidine rings is 1. The number of rotatable bonds is 6. The number of halogens is 1. The first-order chi connectivity index (χ1) is 16.2. The van der Waals surface area contributed by atoms with Crippen LogP contribution in [-0.2, 0) is 14.8 Å². The van der Waals surface area contributed by atoms with Crippen LogP contribution in [-0.4, -0.2) is 64.2 Å². The Hall–Kier alpha value is -3.74. The maximum Gasteiger partial charge on any atom is 0.407 e. The van der Waals surface area contributed by atoms with E-state index < -0.39 is 27.8 Å². The highest BCUT2D eigenvalue weighted by Gasteiger charge is 2.25. The smallest absolute Gasteiger partial charge is 0.407 e. The third-order valence-electron chi connectivity index (χ3n) is 5.48. The molecule has 180 valence electrons. The Morgan fingerprint density at radius 1 is 1.24 bits per heavy atom. The van der Waals surface area contributed by atoms with Crippen LogP contribution in [0.4, 0.5) is 9.18 Å². The Kier molecular flexibility index (Phi) is 6.37. The average Bonchev–Trinajstić information content (AvgIpc) is 3.24. The third-order valence-corrected chi connectivity index (χ3v) is 6.85. The largest absolute Gasteiger partial charge is 0.474 e. The van der Waals surface area contributed by atoms with Crippen LogP contribution in [0.15, 0.2) is 41.6 Å². The van der Waals surface area contributed by atoms with Gasteiger partial charge in [-0.3, -0.25) is 4.79 Å². The molecule has 0 atom stereocenters. The van der Waals surface area contributed by atoms with Crippen LogP contribution in [0.25, 0.3) is 16.8 Å². The van der Waals surface area contributed by atoms with Gasteiger partial charge in [-0.05, 0) is 18.2 Å². The Balaban J connectivity index is 1.59. The zero-order chi connectivity index (χ0) is 24.5. The monoisotopic (exact) mass is 491 g/mol. The van der Waals surface area contributed by atoms with E-state index in [0.29, 0.717) is 43.0 Å². The van der Waals surface area contributed by atoms with Gasteiger partial charge in [0.2, 0.25) is 11.8 Å². The van der Waals surface area contributed by atoms with E-state index in [4.69, 9.17) is 9.84 Å². The van der Waals surface area contributed by atoms with Crippen LogP contribution >= 0.6 is 0 Å². The molecular formula is C21H22FN5O6S. The Morgan fingerprint density at radius 2 is 1.97 bits per heavy atom. The predicted octanol–water partition coefficient (Wildman–Crippen LogP) is 2.27. The normalized spacial score (nSPS) is 14.8. The summed E-state index contributed by atoms with van der Waals surface area (Å²) in [6.07, 6.45) is 2.71. The van der Waals surface area contributed by atoms with E-state index >= 15 is 0 Å². The van der Waals surface area contributed by atoms with Gasteiger partial charge < -0.3 is 14.7 Å². The summed E-state index contributed by atoms with van der Waals surface area (Å²) in [4.78, 5) is 27.8. The summed E-state index contributed by atoms with van der Waals surface area (Å²) in [6.45, 7) is 2.22. The number of sulfonamides is 1. The molecule has 13 heteroatoms. The molecule has 0 unspecified atom stereocenters. The minimum Gasteiger partial charge on any atom is -0.474 e. The number of fused-ring (bicyclic) bond motifs is 1. The molecule has 2 amide bonds. The molecule has 4 rings (SSSR count). The number of nitrogens with one attached hydrogen (secondary N) is 1. The first-order valence-electron chi connectivity index (χ1n) is 10.5. The zero-order valence-corrected chi connectivity index (χ0v) is 19.0. The van der Waals surface area contributed by atoms with Gasteiger partial charge in [0.15, 0.2) is 5.65 Å². The molecule has 0 aliphatic carbocycles. The molecule has 34 heavy (non-hydrogen) atoms. The number of hydrogen-bond acceptors (Lipinski definition) is 7. The van der Waals surface area contributed by atoms with E-state index in [0.717, 1.165) is 6.07 Å². The average molecular weight is 492 g/mol. The molecule has 0 bridgehead atoms. The van der Waals surface area contributed by atoms with Crippen molar-refractivity contribution in [1.82, 2.24) is 24.2 Å². The summed E-state index contributed by atoms with van der Waals surface area (Å²) in [5, 5.41) is 13.3. The third kappa shape index (κ3) is 4.64. The van der Waals surface area contributed by atoms with Crippen LogP contribution in [0, 0.1) is 5.82 Å². The van der Waals surface area contributed by atoms with Crippen molar-refractivity contribution in [3.05, 3.63) is 42.5 Å². The minimum absolute atomic E-state index is 0.0308. The van der Waals surface area contributed by atoms with Crippen molar-refractivity contribution in [2.75, 3.05) is 13.1 Å². The van der Waals surface area contributed by atoms with Crippen LogP contribution in [0.1, 0.15) is 26.2 Å². The fourth-order valence-corrected chi connectivity index (χ4v) is 4.71. The Labute approximate surface area is 194 Å². The second-order valence-electron chi connectivity index (χ2n) is 7.69. The summed E-state index contributed by atoms with van der Waals surface area (Å²) in [6, 6.07) is 4.93. The molecule has 2 N–H and O–H groups in total. The van der Waals surface area contributed by atoms with E-state index in [9.17, 15) is 22.4 Å². The van der Waals surface area contributed by atoms with E-state index in [2.05, 4.69) is 10.1 Å². The molecule has 1 aliphatic rings. The lowest BCUT2D eigenvalue weighted by molar-refractivity contribution is -0.119. The number of nitrogens with zero attached hydrogens (tertiary/aromatic N) is 4. The number of carbonyl (C=O) groups excluding carboxylic acids is 1. The van der Waals surface area contributed by atoms with Crippen molar-refractivity contribution < 1.29 is 32.2 Å². The predicted molar refractivity (Wildman–Crippen MR) is 117 cm³/mol. The first kappa shape index (κ1) is 23.4. The maximum atomic E-state index is 14.9. The van der Waals surface area contributed by atoms with E-state index in [1.165, 1.54) is 40.9 Å². The van der Waals surface area contributed by atoms with Gasteiger partial charge in [-0.1, -0.05) is 6.92 Å². The van der Waals surface area contributed by atoms with Crippen LogP contribution in [0.5, 0.6) is 5.88 Å². The lowest BCUT2D eigenvalue weighted by Crippen LogP contribution is -2.41. The molecule has 3 heterocycles. The lowest BCUT2D eigenvalue weighted by atomic mass is 10.1. The number of benzene rings is 1. The van der Waals surface area contributed by atoms with Gasteiger partial charge in [0, 0.05) is 55.7 Å². The number of aromatic nitrogens is 3. The second kappa shape index (κ2) is 9.25. The number of carbonyl (C=O) groups is 2. The van der Waals surface area contributed by atoms with Crippen molar-refractivity contribution in [2.24, 2.45) is 0 Å². The molecule has 2 aromatic heterocycles. The molecule has 1 aromatic carbocycles. The fraction of sp³-hybridized carbons (Fsp3) is 0.333. The van der Waals surface area contributed by atoms with Crippen molar-refractivity contribution in [3.8, 4) is 17.0 Å². The standard InChI is InChI=1S/C21H22FN5O6S/c1-2-18(28)25-34(31,32)14-3-4-15(17(22)11-14)16-12-24-27-19(5-8-23-20(16)27)33-13-6-9-26(10-7-13)21(29)30/h3-5,8,11-13H,2,6-7,9-10H2,1H3,(H,25,28)(H,29,30). The van der Waals surface area contributed by atoms with Crippen molar-refractivity contribution in [1.29, 1.82) is 0 Å². The van der Waals surface area contributed by atoms with Crippen molar-refractivity contribution >= 4 is 27.7 Å². The van der Waals surface area contributed by atoms with Crippen molar-refractivity contribution in [2.45, 2.75) is 37.2 Å². The summed E-state index contributed by atoms with van der Waals surface area (Å²) >= 11 is 0. The highest BCUT2D eigenvalue weighted by Crippen LogP contribution is 2.30. The molecule has 1 saturated heterocycles. The summed E-state index contributed by atoms with van der Waals surface area (Å²) in [5.74, 6) is -1.15. The Bertz CT molecular complexity index is 1350. The van der Waals surface area contributed by atoms with Gasteiger partial charge in [-0.2, -0.15) is 9.61 Å². The molecule has 0 spiro atoms. The molecule has 11 nitrogen and oxygen atoms in total. The van der Waals surface area contributed by atoms with Crippen LogP contribution in [0.2, 0.25) is 0 Å². The van der Waals surface area contributed by atoms with Gasteiger partial charge in [-0.15, -0.1) is 0 Å². The van der Waals surface area contributed by atoms with Gasteiger partial charge in [-0.25, -0.2) is 27.3 Å². The maximum absolute atomic E-state index is 14.9. The lowest BCUT2D eigenvalue weighted by Gasteiger charge is -2.30. The number of hydrogen-bond donors (Lipinski definition) is 2. The van der Waals surface area contributed by atoms with Gasteiger partial charge in [0.1, 0.15) is 11.9 Å². The van der Waals surface area contributed by atoms with E-state index in [1.807, 2.05) is 4.72 Å². The summed E-state index contributed by atoms with van der Waals surface area (Å²) < 4.78 is 48.8. The molecular weight excluding hydrogens is 469 g/mol. The fourth-order valence-electron chi connectivity index (χ4n) is 3.65. The highest BCUT2D eigenvalue weighted by molar-refractivity contribution is 7.90. The van der Waals surface area contributed by atoms with Gasteiger partial charge in [0.25, 0.3) is 10.0 Å². The Morgan fingerprint density at radius 3 is 2.62 bits per heavy atom. The molecule has 1 aliphatic heterocycles. The highest BCUT2D eigenvalue weighted by atomic mass is 32.2. The summed E-state index contributed by atoms with van der Waals surface area (Å²) in [7, 11) is -4.19. The number of amides is 2. The van der Waals surface area contributed by atoms with E-state index in [-0.39, 0.29) is 23.0 Å². The van der Waals surface area contributed by atoms with Gasteiger partial charge >= 0.3 is 6.09 Å². The zero-order valence-electron chi connectivity index (χ0n) is 18.1. The number of likely N-dealkylation sites (tertiary alicyclic amines) is 1. The van der Waals surface area contributed by atoms with Crippen LogP contribution in [0.3, 0.4) is 0 Å². The number of carboxylic acid groups (broad SMARTS) is 1.